The Kier molecular flexibility index (Phi) is 5.49. The third kappa shape index (κ3) is 3.79. The van der Waals surface area contributed by atoms with E-state index in [2.05, 4.69) is 57.1 Å². The zero-order valence-electron chi connectivity index (χ0n) is 17.9. The second kappa shape index (κ2) is 7.85. The van der Waals surface area contributed by atoms with Crippen LogP contribution in [0.1, 0.15) is 55.6 Å². The summed E-state index contributed by atoms with van der Waals surface area (Å²) >= 11 is 2.34. The van der Waals surface area contributed by atoms with E-state index in [0.29, 0.717) is 16.8 Å². The molecule has 6 nitrogen and oxygen atoms in total. The van der Waals surface area contributed by atoms with Crippen LogP contribution in [0, 0.1) is 0 Å². The number of rotatable bonds is 4. The minimum absolute atomic E-state index is 0.168. The largest absolute Gasteiger partial charge is 0.461 e. The third-order valence-electron chi connectivity index (χ3n) is 5.01. The van der Waals surface area contributed by atoms with E-state index in [9.17, 15) is 9.59 Å². The lowest BCUT2D eigenvalue weighted by molar-refractivity contribution is -0.134. The van der Waals surface area contributed by atoms with Crippen LogP contribution in [0.4, 0.5) is 0 Å². The molecule has 0 atom stereocenters. The van der Waals surface area contributed by atoms with Gasteiger partial charge in [0.2, 0.25) is 0 Å². The highest BCUT2D eigenvalue weighted by atomic mass is 127. The van der Waals surface area contributed by atoms with Crippen molar-refractivity contribution < 1.29 is 19.1 Å². The maximum atomic E-state index is 13.1. The summed E-state index contributed by atoms with van der Waals surface area (Å²) in [6.07, 6.45) is 9.13. The van der Waals surface area contributed by atoms with Crippen LogP contribution in [0.15, 0.2) is 58.3 Å². The van der Waals surface area contributed by atoms with E-state index in [-0.39, 0.29) is 12.3 Å². The summed E-state index contributed by atoms with van der Waals surface area (Å²) in [5.41, 5.74) is 3.48. The van der Waals surface area contributed by atoms with Gasteiger partial charge in [0.25, 0.3) is 0 Å². The standard InChI is InChI=1S/C24H23IN2O4/c1-5-30-22(29)20-17-18(24(25)12-7-6-8-13-24)16-14(19(17)26-27-20)10-9-11-15(16)21(28)31-23(2,3)4/h7-13H,5-6H2,1-4H3. The predicted molar refractivity (Wildman–Crippen MR) is 129 cm³/mol. The van der Waals surface area contributed by atoms with Gasteiger partial charge in [-0.25, -0.2) is 9.59 Å². The number of allylic oxidation sites excluding steroid dienone is 5. The van der Waals surface area contributed by atoms with Gasteiger partial charge in [0, 0.05) is 16.7 Å². The van der Waals surface area contributed by atoms with Crippen LogP contribution in [0.5, 0.6) is 0 Å². The molecule has 1 aromatic carbocycles. The van der Waals surface area contributed by atoms with Crippen molar-refractivity contribution in [2.45, 2.75) is 43.1 Å². The Balaban J connectivity index is 1.96. The fourth-order valence-electron chi connectivity index (χ4n) is 3.89. The highest BCUT2D eigenvalue weighted by molar-refractivity contribution is 14.1. The molecule has 3 aliphatic rings. The fourth-order valence-corrected chi connectivity index (χ4v) is 4.94. The lowest BCUT2D eigenvalue weighted by atomic mass is 9.85. The molecule has 160 valence electrons. The first kappa shape index (κ1) is 21.7. The van der Waals surface area contributed by atoms with E-state index in [0.717, 1.165) is 23.1 Å². The molecule has 0 unspecified atom stereocenters. The number of carbonyl (C=O) groups excluding carboxylic acids is 2. The molecule has 31 heavy (non-hydrogen) atoms. The number of halogens is 1. The summed E-state index contributed by atoms with van der Waals surface area (Å²) in [6.45, 7) is 7.50. The normalized spacial score (nSPS) is 18.4. The van der Waals surface area contributed by atoms with Gasteiger partial charge < -0.3 is 9.47 Å². The van der Waals surface area contributed by atoms with Crippen molar-refractivity contribution in [3.05, 3.63) is 64.8 Å². The Morgan fingerprint density at radius 1 is 1.13 bits per heavy atom. The molecule has 1 heterocycles. The average molecular weight is 530 g/mol. The van der Waals surface area contributed by atoms with Gasteiger partial charge in [-0.05, 0) is 45.8 Å². The Morgan fingerprint density at radius 2 is 1.84 bits per heavy atom. The Bertz CT molecular complexity index is 1120. The molecule has 0 aromatic heterocycles. The average Bonchev–Trinajstić information content (AvgIpc) is 3.25. The molecule has 7 heteroatoms. The van der Waals surface area contributed by atoms with E-state index in [1.54, 1.807) is 19.1 Å². The summed E-state index contributed by atoms with van der Waals surface area (Å²) in [4.78, 5) is 25.8. The first-order valence-electron chi connectivity index (χ1n) is 10.2. The highest BCUT2D eigenvalue weighted by Crippen LogP contribution is 2.50. The second-order valence-electron chi connectivity index (χ2n) is 8.41. The second-order valence-corrected chi connectivity index (χ2v) is 10.2. The smallest absolute Gasteiger partial charge is 0.359 e. The maximum absolute atomic E-state index is 13.1. The molecule has 0 bridgehead atoms. The highest BCUT2D eigenvalue weighted by Gasteiger charge is 2.46. The number of alkyl halides is 1. The predicted octanol–water partition coefficient (Wildman–Crippen LogP) is 4.82. The van der Waals surface area contributed by atoms with Crippen molar-refractivity contribution in [1.82, 2.24) is 0 Å². The number of esters is 2. The van der Waals surface area contributed by atoms with E-state index in [4.69, 9.17) is 9.47 Å². The molecule has 0 N–H and O–H groups in total. The molecule has 1 aromatic rings. The van der Waals surface area contributed by atoms with E-state index < -0.39 is 21.0 Å². The summed E-state index contributed by atoms with van der Waals surface area (Å²) < 4.78 is 10.4. The zero-order valence-corrected chi connectivity index (χ0v) is 20.0. The Morgan fingerprint density at radius 3 is 2.48 bits per heavy atom. The fraction of sp³-hybridized carbons (Fsp3) is 0.333. The van der Waals surface area contributed by atoms with Crippen LogP contribution in [0.25, 0.3) is 5.57 Å². The quantitative estimate of drug-likeness (QED) is 0.242. The number of carbonyl (C=O) groups is 2. The lowest BCUT2D eigenvalue weighted by Gasteiger charge is -2.28. The lowest BCUT2D eigenvalue weighted by Crippen LogP contribution is -2.27. The monoisotopic (exact) mass is 530 g/mol. The number of hydrogen-bond acceptors (Lipinski definition) is 6. The summed E-state index contributed by atoms with van der Waals surface area (Å²) in [5.74, 6) is -0.939. The van der Waals surface area contributed by atoms with Crippen molar-refractivity contribution in [3.8, 4) is 0 Å². The summed E-state index contributed by atoms with van der Waals surface area (Å²) in [6, 6.07) is 5.46. The van der Waals surface area contributed by atoms with Gasteiger partial charge in [-0.2, -0.15) is 0 Å². The minimum atomic E-state index is -0.636. The molecule has 1 aliphatic heterocycles. The van der Waals surface area contributed by atoms with Crippen LogP contribution in [0.3, 0.4) is 0 Å². The Hall–Kier alpha value is -2.55. The molecule has 4 rings (SSSR count). The molecule has 0 saturated heterocycles. The topological polar surface area (TPSA) is 77.3 Å². The molecular formula is C24H23IN2O4. The van der Waals surface area contributed by atoms with Gasteiger partial charge in [0.15, 0.2) is 5.71 Å². The summed E-state index contributed by atoms with van der Waals surface area (Å²) in [5, 5.41) is 8.47. The van der Waals surface area contributed by atoms with Crippen molar-refractivity contribution in [1.29, 1.82) is 0 Å². The number of ether oxygens (including phenoxy) is 2. The molecule has 0 radical (unpaired) electrons. The first-order valence-corrected chi connectivity index (χ1v) is 11.2. The van der Waals surface area contributed by atoms with Crippen LogP contribution >= 0.6 is 22.6 Å². The number of hydrogen-bond donors (Lipinski definition) is 0. The van der Waals surface area contributed by atoms with Crippen LogP contribution < -0.4 is 0 Å². The van der Waals surface area contributed by atoms with E-state index >= 15 is 0 Å². The number of nitrogens with zero attached hydrogens (tertiary/aromatic N) is 2. The Labute approximate surface area is 194 Å². The third-order valence-corrected chi connectivity index (χ3v) is 6.27. The molecule has 2 aliphatic carbocycles. The molecule has 0 spiro atoms. The van der Waals surface area contributed by atoms with Crippen molar-refractivity contribution in [3.63, 3.8) is 0 Å². The minimum Gasteiger partial charge on any atom is -0.461 e. The van der Waals surface area contributed by atoms with Crippen molar-refractivity contribution in [2.75, 3.05) is 6.61 Å². The zero-order chi connectivity index (χ0) is 22.4. The van der Waals surface area contributed by atoms with Crippen LogP contribution in [0.2, 0.25) is 0 Å². The number of benzene rings is 1. The van der Waals surface area contributed by atoms with E-state index in [1.165, 1.54) is 0 Å². The van der Waals surface area contributed by atoms with Gasteiger partial charge in [0.1, 0.15) is 11.3 Å². The maximum Gasteiger partial charge on any atom is 0.359 e. The summed E-state index contributed by atoms with van der Waals surface area (Å²) in [7, 11) is 0. The van der Waals surface area contributed by atoms with Crippen LogP contribution in [-0.2, 0) is 14.3 Å². The first-order chi connectivity index (χ1) is 14.7. The molecular weight excluding hydrogens is 507 g/mol. The van der Waals surface area contributed by atoms with Gasteiger partial charge in [-0.1, -0.05) is 59.0 Å². The van der Waals surface area contributed by atoms with Gasteiger partial charge in [0.05, 0.1) is 15.6 Å². The van der Waals surface area contributed by atoms with Crippen molar-refractivity contribution >= 4 is 51.5 Å². The van der Waals surface area contributed by atoms with E-state index in [1.807, 2.05) is 26.8 Å². The number of fused-ring (bicyclic) bond motifs is 3. The molecule has 0 fully saturated rings. The SMILES string of the molecule is CCOC(=O)C1=NN=C2C1=C(C1(I)C=CCC=C1)c1c(C(=O)OC(C)(C)C)cccc12. The van der Waals surface area contributed by atoms with Crippen LogP contribution in [-0.4, -0.2) is 39.0 Å². The van der Waals surface area contributed by atoms with Gasteiger partial charge in [-0.3, -0.25) is 0 Å². The molecule has 0 saturated carbocycles. The van der Waals surface area contributed by atoms with Gasteiger partial charge in [-0.15, -0.1) is 10.2 Å². The van der Waals surface area contributed by atoms with Gasteiger partial charge >= 0.3 is 11.9 Å². The van der Waals surface area contributed by atoms with Crippen molar-refractivity contribution in [2.24, 2.45) is 10.2 Å². The molecule has 0 amide bonds.